The van der Waals surface area contributed by atoms with Crippen molar-refractivity contribution in [2.75, 3.05) is 13.2 Å². The van der Waals surface area contributed by atoms with Gasteiger partial charge in [0.05, 0.1) is 0 Å². The summed E-state index contributed by atoms with van der Waals surface area (Å²) >= 11 is 0. The lowest BCUT2D eigenvalue weighted by atomic mass is 10.2. The molecule has 0 heterocycles. The summed E-state index contributed by atoms with van der Waals surface area (Å²) in [6.07, 6.45) is 0. The third-order valence-corrected chi connectivity index (χ3v) is 2.43. The van der Waals surface area contributed by atoms with Crippen LogP contribution in [0.4, 0.5) is 0 Å². The fourth-order valence-corrected chi connectivity index (χ4v) is 1.73. The molecule has 0 aromatic heterocycles. The molecule has 0 aliphatic heterocycles. The van der Waals surface area contributed by atoms with Crippen molar-refractivity contribution >= 4 is 10.2 Å². The van der Waals surface area contributed by atoms with Crippen molar-refractivity contribution < 1.29 is 9.47 Å². The number of rotatable bonds is 5. The summed E-state index contributed by atoms with van der Waals surface area (Å²) in [7, 11) is 3.53. The van der Waals surface area contributed by atoms with Gasteiger partial charge in [-0.2, -0.15) is 0 Å². The second kappa shape index (κ2) is 5.29. The van der Waals surface area contributed by atoms with Gasteiger partial charge in [0.25, 0.3) is 0 Å². The Kier molecular flexibility index (Phi) is 4.32. The van der Waals surface area contributed by atoms with E-state index in [2.05, 4.69) is 10.2 Å². The minimum absolute atomic E-state index is 0.596. The molecule has 3 radical (unpaired) electrons. The fraction of sp³-hybridized carbons (Fsp3) is 0.455. The molecule has 0 aliphatic carbocycles. The largest absolute Gasteiger partial charge is 0.351 e. The van der Waals surface area contributed by atoms with Crippen LogP contribution in [0, 0.1) is 0 Å². The Balaban J connectivity index is 2.87. The molecule has 1 aromatic carbocycles. The molecular weight excluding hydrogens is 192 g/mol. The summed E-state index contributed by atoms with van der Waals surface area (Å²) in [5.74, 6) is 0. The third kappa shape index (κ3) is 2.67. The maximum absolute atomic E-state index is 5.55. The summed E-state index contributed by atoms with van der Waals surface area (Å²) in [6, 6.07) is 9.83. The molecule has 1 aromatic rings. The highest BCUT2D eigenvalue weighted by atomic mass is 28.1. The van der Waals surface area contributed by atoms with E-state index < -0.39 is 5.41 Å². The SMILES string of the molecule is CCOC([Si])(OCC)c1ccccc1. The van der Waals surface area contributed by atoms with E-state index in [1.54, 1.807) is 0 Å². The summed E-state index contributed by atoms with van der Waals surface area (Å²) in [5, 5.41) is 0. The first-order chi connectivity index (χ1) is 6.73. The molecule has 14 heavy (non-hydrogen) atoms. The van der Waals surface area contributed by atoms with E-state index in [-0.39, 0.29) is 0 Å². The number of hydrogen-bond acceptors (Lipinski definition) is 2. The lowest BCUT2D eigenvalue weighted by molar-refractivity contribution is -0.180. The molecule has 0 unspecified atom stereocenters. The summed E-state index contributed by atoms with van der Waals surface area (Å²) in [4.78, 5) is 0. The van der Waals surface area contributed by atoms with Crippen molar-refractivity contribution in [2.24, 2.45) is 0 Å². The zero-order valence-electron chi connectivity index (χ0n) is 8.62. The van der Waals surface area contributed by atoms with Crippen LogP contribution in [0.2, 0.25) is 0 Å². The van der Waals surface area contributed by atoms with Crippen molar-refractivity contribution in [1.82, 2.24) is 0 Å². The van der Waals surface area contributed by atoms with E-state index in [0.29, 0.717) is 13.2 Å². The van der Waals surface area contributed by atoms with Gasteiger partial charge in [0.2, 0.25) is 0 Å². The van der Waals surface area contributed by atoms with Gasteiger partial charge in [0.1, 0.15) is 10.2 Å². The summed E-state index contributed by atoms with van der Waals surface area (Å²) < 4.78 is 11.1. The number of ether oxygens (including phenoxy) is 2. The zero-order chi connectivity index (χ0) is 10.4. The van der Waals surface area contributed by atoms with Crippen LogP contribution in [0.15, 0.2) is 30.3 Å². The first kappa shape index (κ1) is 11.4. The Labute approximate surface area is 88.7 Å². The van der Waals surface area contributed by atoms with Crippen LogP contribution in [0.3, 0.4) is 0 Å². The lowest BCUT2D eigenvalue weighted by Gasteiger charge is -2.29. The van der Waals surface area contributed by atoms with Gasteiger partial charge < -0.3 is 9.47 Å². The molecule has 0 N–H and O–H groups in total. The van der Waals surface area contributed by atoms with Gasteiger partial charge in [-0.25, -0.2) is 0 Å². The monoisotopic (exact) mass is 207 g/mol. The molecule has 75 valence electrons. The molecular formula is C11H15O2Si. The van der Waals surface area contributed by atoms with Crippen LogP contribution >= 0.6 is 0 Å². The zero-order valence-corrected chi connectivity index (χ0v) is 9.62. The Morgan fingerprint density at radius 1 is 1.07 bits per heavy atom. The Hall–Kier alpha value is -0.643. The first-order valence-electron chi connectivity index (χ1n) is 4.81. The minimum atomic E-state index is -0.801. The Bertz CT molecular complexity index is 255. The van der Waals surface area contributed by atoms with Crippen LogP contribution in [0.1, 0.15) is 19.4 Å². The van der Waals surface area contributed by atoms with E-state index in [1.165, 1.54) is 0 Å². The van der Waals surface area contributed by atoms with E-state index in [4.69, 9.17) is 9.47 Å². The lowest BCUT2D eigenvalue weighted by Crippen LogP contribution is -2.33. The van der Waals surface area contributed by atoms with E-state index in [0.717, 1.165) is 5.56 Å². The van der Waals surface area contributed by atoms with Gasteiger partial charge in [0.15, 0.2) is 5.41 Å². The van der Waals surface area contributed by atoms with Gasteiger partial charge in [-0.05, 0) is 13.8 Å². The van der Waals surface area contributed by atoms with Gasteiger partial charge in [-0.3, -0.25) is 0 Å². The quantitative estimate of drug-likeness (QED) is 0.543. The van der Waals surface area contributed by atoms with Crippen LogP contribution in [0.5, 0.6) is 0 Å². The van der Waals surface area contributed by atoms with Crippen molar-refractivity contribution in [2.45, 2.75) is 19.3 Å². The predicted molar refractivity (Wildman–Crippen MR) is 57.1 cm³/mol. The van der Waals surface area contributed by atoms with Crippen LogP contribution in [0.25, 0.3) is 0 Å². The number of benzene rings is 1. The number of hydrogen-bond donors (Lipinski definition) is 0. The summed E-state index contributed by atoms with van der Waals surface area (Å²) in [6.45, 7) is 5.07. The second-order valence-electron chi connectivity index (χ2n) is 2.85. The molecule has 0 fully saturated rings. The van der Waals surface area contributed by atoms with Gasteiger partial charge >= 0.3 is 0 Å². The summed E-state index contributed by atoms with van der Waals surface area (Å²) in [5.41, 5.74) is 0.172. The molecule has 0 amide bonds. The Morgan fingerprint density at radius 2 is 1.57 bits per heavy atom. The van der Waals surface area contributed by atoms with Crippen molar-refractivity contribution in [3.63, 3.8) is 0 Å². The molecule has 0 saturated heterocycles. The smallest absolute Gasteiger partial charge is 0.169 e. The van der Waals surface area contributed by atoms with E-state index in [9.17, 15) is 0 Å². The second-order valence-corrected chi connectivity index (χ2v) is 3.51. The average Bonchev–Trinajstić information content (AvgIpc) is 2.20. The van der Waals surface area contributed by atoms with Gasteiger partial charge in [-0.15, -0.1) is 0 Å². The van der Waals surface area contributed by atoms with Crippen molar-refractivity contribution in [3.8, 4) is 0 Å². The highest BCUT2D eigenvalue weighted by Crippen LogP contribution is 2.23. The normalized spacial score (nSPS) is 11.6. The fourth-order valence-electron chi connectivity index (χ4n) is 1.27. The van der Waals surface area contributed by atoms with Gasteiger partial charge in [-0.1, -0.05) is 30.3 Å². The van der Waals surface area contributed by atoms with E-state index >= 15 is 0 Å². The van der Waals surface area contributed by atoms with Gasteiger partial charge in [0, 0.05) is 18.8 Å². The standard InChI is InChI=1S/C11H15O2Si/c1-3-12-11(14,13-4-2)10-8-6-5-7-9-10/h5-9H,3-4H2,1-2H3. The molecule has 0 spiro atoms. The predicted octanol–water partition coefficient (Wildman–Crippen LogP) is 2.04. The van der Waals surface area contributed by atoms with Crippen molar-refractivity contribution in [1.29, 1.82) is 0 Å². The topological polar surface area (TPSA) is 18.5 Å². The van der Waals surface area contributed by atoms with Crippen LogP contribution in [-0.4, -0.2) is 23.5 Å². The minimum Gasteiger partial charge on any atom is -0.351 e. The highest BCUT2D eigenvalue weighted by Gasteiger charge is 2.26. The van der Waals surface area contributed by atoms with Crippen molar-refractivity contribution in [3.05, 3.63) is 35.9 Å². The maximum Gasteiger partial charge on any atom is 0.169 e. The molecule has 0 atom stereocenters. The molecule has 2 nitrogen and oxygen atoms in total. The highest BCUT2D eigenvalue weighted by molar-refractivity contribution is 6.13. The molecule has 0 bridgehead atoms. The molecule has 0 saturated carbocycles. The maximum atomic E-state index is 5.55. The first-order valence-corrected chi connectivity index (χ1v) is 5.31. The van der Waals surface area contributed by atoms with Crippen LogP contribution < -0.4 is 0 Å². The third-order valence-electron chi connectivity index (χ3n) is 1.85. The molecule has 1 rings (SSSR count). The van der Waals surface area contributed by atoms with E-state index in [1.807, 2.05) is 44.2 Å². The molecule has 3 heteroatoms. The Morgan fingerprint density at radius 3 is 2.00 bits per heavy atom. The molecule has 0 aliphatic rings. The van der Waals surface area contributed by atoms with Crippen LogP contribution in [-0.2, 0) is 14.9 Å². The average molecular weight is 207 g/mol.